The van der Waals surface area contributed by atoms with Gasteiger partial charge >= 0.3 is 0 Å². The van der Waals surface area contributed by atoms with Crippen LogP contribution in [-0.4, -0.2) is 23.8 Å². The second-order valence-electron chi connectivity index (χ2n) is 3.83. The van der Waals surface area contributed by atoms with Crippen LogP contribution in [0, 0.1) is 0 Å². The zero-order valence-electron chi connectivity index (χ0n) is 10.9. The van der Waals surface area contributed by atoms with Crippen molar-refractivity contribution >= 4 is 23.5 Å². The minimum atomic E-state index is 0.983. The Hall–Kier alpha value is -0.120. The number of thioether (sulfide) groups is 2. The van der Waals surface area contributed by atoms with Gasteiger partial charge in [0.25, 0.3) is 0 Å². The van der Waals surface area contributed by atoms with Crippen LogP contribution in [0.3, 0.4) is 0 Å². The lowest BCUT2D eigenvalue weighted by Gasteiger charge is -2.05. The Bertz CT molecular complexity index is 302. The Labute approximate surface area is 114 Å². The van der Waals surface area contributed by atoms with Crippen molar-refractivity contribution in [3.63, 3.8) is 0 Å². The summed E-state index contributed by atoms with van der Waals surface area (Å²) < 4.78 is 0. The molecule has 0 bridgehead atoms. The molecule has 0 aliphatic carbocycles. The van der Waals surface area contributed by atoms with Gasteiger partial charge in [-0.25, -0.2) is 0 Å². The fourth-order valence-corrected chi connectivity index (χ4v) is 3.26. The molecule has 0 radical (unpaired) electrons. The van der Waals surface area contributed by atoms with Crippen LogP contribution in [0.5, 0.6) is 0 Å². The first kappa shape index (κ1) is 14.9. The van der Waals surface area contributed by atoms with E-state index < -0.39 is 0 Å². The molecule has 1 aromatic carbocycles. The summed E-state index contributed by atoms with van der Waals surface area (Å²) in [7, 11) is 0. The minimum Gasteiger partial charge on any atom is -0.313 e. The van der Waals surface area contributed by atoms with Crippen LogP contribution >= 0.6 is 23.5 Å². The summed E-state index contributed by atoms with van der Waals surface area (Å²) in [4.78, 5) is 1.40. The van der Waals surface area contributed by atoms with Crippen molar-refractivity contribution in [3.05, 3.63) is 29.8 Å². The number of hydrogen-bond donors (Lipinski definition) is 1. The summed E-state index contributed by atoms with van der Waals surface area (Å²) in [6.07, 6.45) is 1.31. The third-order valence-electron chi connectivity index (χ3n) is 2.38. The standard InChI is InChI=1S/C14H23NS2/c1-3-15-12-13-7-5-8-14(11-13)17-10-6-9-16-4-2/h5,7-8,11,15H,3-4,6,9-10,12H2,1-2H3. The van der Waals surface area contributed by atoms with Gasteiger partial charge in [0.1, 0.15) is 0 Å². The predicted octanol–water partition coefficient (Wildman–Crippen LogP) is 4.03. The van der Waals surface area contributed by atoms with Gasteiger partial charge in [0.05, 0.1) is 0 Å². The molecule has 0 saturated carbocycles. The lowest BCUT2D eigenvalue weighted by Crippen LogP contribution is -2.11. The highest BCUT2D eigenvalue weighted by Gasteiger charge is 1.97. The van der Waals surface area contributed by atoms with Crippen molar-refractivity contribution in [1.82, 2.24) is 5.32 Å². The van der Waals surface area contributed by atoms with Crippen LogP contribution in [0.4, 0.5) is 0 Å². The van der Waals surface area contributed by atoms with E-state index in [-0.39, 0.29) is 0 Å². The zero-order valence-corrected chi connectivity index (χ0v) is 12.5. The average molecular weight is 269 g/mol. The van der Waals surface area contributed by atoms with Crippen LogP contribution in [0.1, 0.15) is 25.8 Å². The molecule has 17 heavy (non-hydrogen) atoms. The lowest BCUT2D eigenvalue weighted by atomic mass is 10.2. The van der Waals surface area contributed by atoms with E-state index in [1.54, 1.807) is 0 Å². The highest BCUT2D eigenvalue weighted by atomic mass is 32.2. The van der Waals surface area contributed by atoms with Crippen LogP contribution in [0.2, 0.25) is 0 Å². The fourth-order valence-electron chi connectivity index (χ4n) is 1.51. The second-order valence-corrected chi connectivity index (χ2v) is 6.39. The predicted molar refractivity (Wildman–Crippen MR) is 82.2 cm³/mol. The number of rotatable bonds is 9. The van der Waals surface area contributed by atoms with E-state index in [4.69, 9.17) is 0 Å². The van der Waals surface area contributed by atoms with Gasteiger partial charge in [-0.3, -0.25) is 0 Å². The lowest BCUT2D eigenvalue weighted by molar-refractivity contribution is 0.725. The van der Waals surface area contributed by atoms with Crippen molar-refractivity contribution in [2.45, 2.75) is 31.7 Å². The Morgan fingerprint density at radius 3 is 2.82 bits per heavy atom. The Kier molecular flexibility index (Phi) is 8.67. The molecule has 0 unspecified atom stereocenters. The molecular weight excluding hydrogens is 246 g/mol. The van der Waals surface area contributed by atoms with Gasteiger partial charge in [-0.1, -0.05) is 26.0 Å². The summed E-state index contributed by atoms with van der Waals surface area (Å²) in [5.41, 5.74) is 1.39. The third-order valence-corrected chi connectivity index (χ3v) is 4.45. The van der Waals surface area contributed by atoms with Crippen molar-refractivity contribution in [3.8, 4) is 0 Å². The van der Waals surface area contributed by atoms with Crippen molar-refractivity contribution in [2.24, 2.45) is 0 Å². The van der Waals surface area contributed by atoms with E-state index >= 15 is 0 Å². The smallest absolute Gasteiger partial charge is 0.0205 e. The topological polar surface area (TPSA) is 12.0 Å². The molecule has 96 valence electrons. The van der Waals surface area contributed by atoms with Crippen molar-refractivity contribution in [2.75, 3.05) is 23.8 Å². The van der Waals surface area contributed by atoms with Gasteiger partial charge in [-0.15, -0.1) is 11.8 Å². The van der Waals surface area contributed by atoms with E-state index in [9.17, 15) is 0 Å². The highest BCUT2D eigenvalue weighted by Crippen LogP contribution is 2.20. The maximum Gasteiger partial charge on any atom is 0.0205 e. The summed E-state index contributed by atoms with van der Waals surface area (Å²) in [6, 6.07) is 8.88. The first-order valence-electron chi connectivity index (χ1n) is 6.37. The normalized spacial score (nSPS) is 10.7. The van der Waals surface area contributed by atoms with E-state index in [1.807, 2.05) is 23.5 Å². The molecule has 0 fully saturated rings. The first-order chi connectivity index (χ1) is 8.36. The quantitative estimate of drug-likeness (QED) is 0.537. The molecule has 3 heteroatoms. The molecule has 0 saturated heterocycles. The summed E-state index contributed by atoms with van der Waals surface area (Å²) in [5, 5.41) is 3.36. The molecule has 0 aromatic heterocycles. The Balaban J connectivity index is 2.27. The Morgan fingerprint density at radius 2 is 2.06 bits per heavy atom. The molecule has 0 spiro atoms. The largest absolute Gasteiger partial charge is 0.313 e. The third kappa shape index (κ3) is 7.02. The molecule has 1 aromatic rings. The summed E-state index contributed by atoms with van der Waals surface area (Å²) in [5.74, 6) is 3.76. The minimum absolute atomic E-state index is 0.983. The molecular formula is C14H23NS2. The van der Waals surface area contributed by atoms with E-state index in [2.05, 4.69) is 43.4 Å². The number of benzene rings is 1. The van der Waals surface area contributed by atoms with E-state index in [0.29, 0.717) is 0 Å². The average Bonchev–Trinajstić information content (AvgIpc) is 2.37. The van der Waals surface area contributed by atoms with Gasteiger partial charge in [0.15, 0.2) is 0 Å². The molecule has 0 aliphatic heterocycles. The monoisotopic (exact) mass is 269 g/mol. The first-order valence-corrected chi connectivity index (χ1v) is 8.51. The molecule has 1 N–H and O–H groups in total. The summed E-state index contributed by atoms with van der Waals surface area (Å²) >= 11 is 4.01. The van der Waals surface area contributed by atoms with Crippen molar-refractivity contribution in [1.29, 1.82) is 0 Å². The molecule has 0 aliphatic rings. The molecule has 1 rings (SSSR count). The van der Waals surface area contributed by atoms with Gasteiger partial charge in [0, 0.05) is 11.4 Å². The van der Waals surface area contributed by atoms with Crippen LogP contribution < -0.4 is 5.32 Å². The fraction of sp³-hybridized carbons (Fsp3) is 0.571. The van der Waals surface area contributed by atoms with Crippen LogP contribution in [-0.2, 0) is 6.54 Å². The van der Waals surface area contributed by atoms with E-state index in [0.717, 1.165) is 13.1 Å². The molecule has 1 nitrogen and oxygen atoms in total. The molecule has 0 atom stereocenters. The highest BCUT2D eigenvalue weighted by molar-refractivity contribution is 8.00. The maximum atomic E-state index is 3.36. The van der Waals surface area contributed by atoms with Crippen molar-refractivity contribution < 1.29 is 0 Å². The molecule has 0 heterocycles. The number of nitrogens with one attached hydrogen (secondary N) is 1. The van der Waals surface area contributed by atoms with Gasteiger partial charge < -0.3 is 5.32 Å². The number of hydrogen-bond acceptors (Lipinski definition) is 3. The maximum absolute atomic E-state index is 3.36. The second kappa shape index (κ2) is 9.86. The molecule has 0 amide bonds. The van der Waals surface area contributed by atoms with Gasteiger partial charge in [-0.05, 0) is 47.9 Å². The van der Waals surface area contributed by atoms with Gasteiger partial charge in [0.2, 0.25) is 0 Å². The zero-order chi connectivity index (χ0) is 12.3. The van der Waals surface area contributed by atoms with Gasteiger partial charge in [-0.2, -0.15) is 11.8 Å². The van der Waals surface area contributed by atoms with Crippen LogP contribution in [0.25, 0.3) is 0 Å². The summed E-state index contributed by atoms with van der Waals surface area (Å²) in [6.45, 7) is 6.38. The Morgan fingerprint density at radius 1 is 1.18 bits per heavy atom. The SMILES string of the molecule is CCNCc1cccc(SCCCSCC)c1. The van der Waals surface area contributed by atoms with E-state index in [1.165, 1.54) is 34.1 Å². The van der Waals surface area contributed by atoms with Crippen LogP contribution in [0.15, 0.2) is 29.2 Å².